The van der Waals surface area contributed by atoms with Crippen molar-refractivity contribution in [1.82, 2.24) is 0 Å². The summed E-state index contributed by atoms with van der Waals surface area (Å²) in [6.45, 7) is 1.53. The van der Waals surface area contributed by atoms with Crippen LogP contribution in [0.25, 0.3) is 0 Å². The van der Waals surface area contributed by atoms with Crippen LogP contribution in [0.5, 0.6) is 0 Å². The van der Waals surface area contributed by atoms with Gasteiger partial charge in [0.05, 0.1) is 0 Å². The van der Waals surface area contributed by atoms with E-state index >= 15 is 0 Å². The first-order valence-electron chi connectivity index (χ1n) is 3.31. The van der Waals surface area contributed by atoms with Crippen LogP contribution in [-0.4, -0.2) is 5.78 Å². The predicted molar refractivity (Wildman–Crippen MR) is 44.3 cm³/mol. The van der Waals surface area contributed by atoms with Crippen LogP contribution in [0.3, 0.4) is 0 Å². The number of nitrogen functional groups attached to an aromatic ring is 1. The molecule has 0 spiro atoms. The number of anilines is 1. The third-order valence-electron chi connectivity index (χ3n) is 1.46. The molecule has 0 saturated carbocycles. The van der Waals surface area contributed by atoms with Crippen molar-refractivity contribution in [1.29, 1.82) is 0 Å². The van der Waals surface area contributed by atoms with E-state index in [0.29, 0.717) is 5.56 Å². The molecule has 0 aliphatic heterocycles. The third-order valence-corrected chi connectivity index (χ3v) is 1.46. The summed E-state index contributed by atoms with van der Waals surface area (Å²) in [7, 11) is 0. The Morgan fingerprint density at radius 2 is 1.91 bits per heavy atom. The lowest BCUT2D eigenvalue weighted by Gasteiger charge is -1.99. The summed E-state index contributed by atoms with van der Waals surface area (Å²) in [5, 5.41) is 0. The Bertz CT molecular complexity index is 253. The van der Waals surface area contributed by atoms with Crippen molar-refractivity contribution in [3.8, 4) is 0 Å². The van der Waals surface area contributed by atoms with E-state index in [1.54, 1.807) is 24.3 Å². The monoisotopic (exact) mass is 150 g/mol. The van der Waals surface area contributed by atoms with Crippen molar-refractivity contribution < 1.29 is 4.79 Å². The second-order valence-electron chi connectivity index (χ2n) is 2.28. The van der Waals surface area contributed by atoms with Gasteiger partial charge in [-0.3, -0.25) is 10.6 Å². The topological polar surface area (TPSA) is 55.1 Å². The maximum absolute atomic E-state index is 10.8. The summed E-state index contributed by atoms with van der Waals surface area (Å²) < 4.78 is 0. The molecule has 3 N–H and O–H groups in total. The first kappa shape index (κ1) is 7.75. The molecule has 0 radical (unpaired) electrons. The molecular formula is C8H10N2O. The Labute approximate surface area is 65.2 Å². The molecule has 1 aromatic rings. The Balaban J connectivity index is 2.91. The maximum atomic E-state index is 10.8. The van der Waals surface area contributed by atoms with E-state index < -0.39 is 0 Å². The molecule has 0 heterocycles. The van der Waals surface area contributed by atoms with Crippen LogP contribution < -0.4 is 11.3 Å². The normalized spacial score (nSPS) is 9.27. The number of benzene rings is 1. The molecule has 3 heteroatoms. The number of nitrogens with two attached hydrogens (primary N) is 1. The van der Waals surface area contributed by atoms with Crippen molar-refractivity contribution in [3.05, 3.63) is 29.8 Å². The summed E-state index contributed by atoms with van der Waals surface area (Å²) >= 11 is 0. The Morgan fingerprint density at radius 1 is 1.36 bits per heavy atom. The molecule has 0 aliphatic rings. The number of rotatable bonds is 2. The van der Waals surface area contributed by atoms with E-state index in [4.69, 9.17) is 5.84 Å². The molecule has 0 unspecified atom stereocenters. The zero-order valence-corrected chi connectivity index (χ0v) is 6.29. The Hall–Kier alpha value is -1.35. The number of nitrogens with one attached hydrogen (secondary N) is 1. The lowest BCUT2D eigenvalue weighted by molar-refractivity contribution is 0.101. The second-order valence-corrected chi connectivity index (χ2v) is 2.28. The zero-order chi connectivity index (χ0) is 8.27. The van der Waals surface area contributed by atoms with E-state index in [1.165, 1.54) is 6.92 Å². The van der Waals surface area contributed by atoms with E-state index in [9.17, 15) is 4.79 Å². The number of carbonyl (C=O) groups excluding carboxylic acids is 1. The molecule has 0 atom stereocenters. The first-order valence-corrected chi connectivity index (χ1v) is 3.31. The smallest absolute Gasteiger partial charge is 0.159 e. The van der Waals surface area contributed by atoms with Crippen LogP contribution in [-0.2, 0) is 0 Å². The molecular weight excluding hydrogens is 140 g/mol. The van der Waals surface area contributed by atoms with Gasteiger partial charge in [-0.2, -0.15) is 0 Å². The predicted octanol–water partition coefficient (Wildman–Crippen LogP) is 1.17. The highest BCUT2D eigenvalue weighted by atomic mass is 16.1. The Morgan fingerprint density at radius 3 is 2.27 bits per heavy atom. The van der Waals surface area contributed by atoms with Gasteiger partial charge in [-0.15, -0.1) is 0 Å². The average molecular weight is 150 g/mol. The molecule has 0 saturated heterocycles. The van der Waals surface area contributed by atoms with Gasteiger partial charge in [0.2, 0.25) is 0 Å². The molecule has 0 aliphatic carbocycles. The third kappa shape index (κ3) is 1.78. The van der Waals surface area contributed by atoms with Crippen LogP contribution in [0.1, 0.15) is 17.3 Å². The highest BCUT2D eigenvalue weighted by molar-refractivity contribution is 5.94. The summed E-state index contributed by atoms with van der Waals surface area (Å²) in [5.41, 5.74) is 3.98. The fraction of sp³-hybridized carbons (Fsp3) is 0.125. The standard InChI is InChI=1S/C8H10N2O/c1-6(11)7-2-4-8(10-9)5-3-7/h2-5,10H,9H2,1H3. The number of hydrogen-bond acceptors (Lipinski definition) is 3. The Kier molecular flexibility index (Phi) is 2.23. The maximum Gasteiger partial charge on any atom is 0.159 e. The fourth-order valence-corrected chi connectivity index (χ4v) is 0.801. The molecule has 1 aromatic carbocycles. The van der Waals surface area contributed by atoms with E-state index in [0.717, 1.165) is 5.69 Å². The molecule has 11 heavy (non-hydrogen) atoms. The van der Waals surface area contributed by atoms with Gasteiger partial charge in [-0.05, 0) is 31.2 Å². The molecule has 0 aromatic heterocycles. The van der Waals surface area contributed by atoms with E-state index in [2.05, 4.69) is 5.43 Å². The van der Waals surface area contributed by atoms with Crippen LogP contribution >= 0.6 is 0 Å². The van der Waals surface area contributed by atoms with E-state index in [1.807, 2.05) is 0 Å². The fourth-order valence-electron chi connectivity index (χ4n) is 0.801. The summed E-state index contributed by atoms with van der Waals surface area (Å²) in [6.07, 6.45) is 0. The van der Waals surface area contributed by atoms with Crippen LogP contribution in [0.15, 0.2) is 24.3 Å². The van der Waals surface area contributed by atoms with Gasteiger partial charge in [-0.1, -0.05) is 0 Å². The molecule has 0 fully saturated rings. The van der Waals surface area contributed by atoms with Crippen molar-refractivity contribution in [2.75, 3.05) is 5.43 Å². The first-order chi connectivity index (χ1) is 5.24. The molecule has 1 rings (SSSR count). The van der Waals surface area contributed by atoms with Crippen molar-refractivity contribution in [2.24, 2.45) is 5.84 Å². The van der Waals surface area contributed by atoms with Gasteiger partial charge in [0.1, 0.15) is 0 Å². The number of hydrazine groups is 1. The van der Waals surface area contributed by atoms with Gasteiger partial charge >= 0.3 is 0 Å². The summed E-state index contributed by atoms with van der Waals surface area (Å²) in [6, 6.07) is 6.99. The van der Waals surface area contributed by atoms with Gasteiger partial charge in [-0.25, -0.2) is 0 Å². The van der Waals surface area contributed by atoms with Crippen LogP contribution in [0, 0.1) is 0 Å². The number of carbonyl (C=O) groups is 1. The van der Waals surface area contributed by atoms with Gasteiger partial charge < -0.3 is 5.43 Å². The van der Waals surface area contributed by atoms with Crippen molar-refractivity contribution in [2.45, 2.75) is 6.92 Å². The van der Waals surface area contributed by atoms with Crippen molar-refractivity contribution >= 4 is 11.5 Å². The lowest BCUT2D eigenvalue weighted by Crippen LogP contribution is -2.06. The minimum absolute atomic E-state index is 0.0635. The molecule has 3 nitrogen and oxygen atoms in total. The quantitative estimate of drug-likeness (QED) is 0.378. The number of ketones is 1. The van der Waals surface area contributed by atoms with Gasteiger partial charge in [0.15, 0.2) is 5.78 Å². The average Bonchev–Trinajstić information content (AvgIpc) is 2.05. The largest absolute Gasteiger partial charge is 0.324 e. The zero-order valence-electron chi connectivity index (χ0n) is 6.29. The summed E-state index contributed by atoms with van der Waals surface area (Å²) in [5.74, 6) is 5.20. The number of hydrogen-bond donors (Lipinski definition) is 2. The minimum atomic E-state index is 0.0635. The van der Waals surface area contributed by atoms with E-state index in [-0.39, 0.29) is 5.78 Å². The SMILES string of the molecule is CC(=O)c1ccc(NN)cc1. The highest BCUT2D eigenvalue weighted by Gasteiger charge is 1.96. The lowest BCUT2D eigenvalue weighted by atomic mass is 10.1. The second kappa shape index (κ2) is 3.16. The van der Waals surface area contributed by atoms with Crippen molar-refractivity contribution in [3.63, 3.8) is 0 Å². The van der Waals surface area contributed by atoms with Crippen LogP contribution in [0.4, 0.5) is 5.69 Å². The van der Waals surface area contributed by atoms with Crippen LogP contribution in [0.2, 0.25) is 0 Å². The number of Topliss-reactive ketones (excluding diaryl/α,β-unsaturated/α-hetero) is 1. The van der Waals surface area contributed by atoms with Gasteiger partial charge in [0, 0.05) is 11.3 Å². The molecule has 58 valence electrons. The highest BCUT2D eigenvalue weighted by Crippen LogP contribution is 2.07. The minimum Gasteiger partial charge on any atom is -0.324 e. The summed E-state index contributed by atoms with van der Waals surface area (Å²) in [4.78, 5) is 10.8. The molecule has 0 amide bonds. The molecule has 0 bridgehead atoms. The van der Waals surface area contributed by atoms with Gasteiger partial charge in [0.25, 0.3) is 0 Å².